The van der Waals surface area contributed by atoms with Crippen LogP contribution >= 0.6 is 0 Å². The zero-order chi connectivity index (χ0) is 21.6. The summed E-state index contributed by atoms with van der Waals surface area (Å²) in [5, 5.41) is 0.671. The molecule has 1 heterocycles. The number of aryl methyl sites for hydroxylation is 1. The smallest absolute Gasteiger partial charge is 0.331 e. The molecular formula is C26H20O4S. The van der Waals surface area contributed by atoms with E-state index >= 15 is 0 Å². The fourth-order valence-electron chi connectivity index (χ4n) is 4.37. The third-order valence-electron chi connectivity index (χ3n) is 5.87. The number of ether oxygens (including phenoxy) is 1. The Morgan fingerprint density at radius 1 is 0.774 bits per heavy atom. The number of para-hydroxylation sites is 1. The van der Waals surface area contributed by atoms with E-state index in [0.717, 1.165) is 16.3 Å². The van der Waals surface area contributed by atoms with E-state index < -0.39 is 27.0 Å². The number of carbonyl (C=O) groups excluding carboxylic acids is 1. The van der Waals surface area contributed by atoms with Crippen molar-refractivity contribution in [3.05, 3.63) is 108 Å². The topological polar surface area (TPSA) is 60.4 Å². The lowest BCUT2D eigenvalue weighted by Crippen LogP contribution is -2.43. The van der Waals surface area contributed by atoms with Crippen LogP contribution in [0.5, 0.6) is 5.75 Å². The molecule has 2 unspecified atom stereocenters. The Morgan fingerprint density at radius 2 is 1.45 bits per heavy atom. The summed E-state index contributed by atoms with van der Waals surface area (Å²) in [6.45, 7) is 1.74. The second-order valence-corrected chi connectivity index (χ2v) is 9.81. The predicted octanol–water partition coefficient (Wildman–Crippen LogP) is 5.04. The molecule has 0 amide bonds. The summed E-state index contributed by atoms with van der Waals surface area (Å²) >= 11 is 0. The number of fused-ring (bicyclic) bond motifs is 2. The first-order valence-electron chi connectivity index (χ1n) is 10.1. The Balaban J connectivity index is 1.76. The standard InChI is InChI=1S/C26H20O4S/c1-17-8-2-7-13-23(17)31(28,29)25-24(21-11-5-6-12-22(21)30-26(25)27)20-15-14-18-9-3-4-10-19(18)16-20/h2-16,24-25H,1H3. The van der Waals surface area contributed by atoms with Crippen molar-refractivity contribution in [3.63, 3.8) is 0 Å². The van der Waals surface area contributed by atoms with Gasteiger partial charge in [0.05, 0.1) is 4.90 Å². The molecule has 1 aliphatic heterocycles. The maximum absolute atomic E-state index is 13.8. The van der Waals surface area contributed by atoms with E-state index in [-0.39, 0.29) is 4.90 Å². The minimum atomic E-state index is -4.01. The van der Waals surface area contributed by atoms with Crippen LogP contribution in [0.15, 0.2) is 95.9 Å². The van der Waals surface area contributed by atoms with Crippen molar-refractivity contribution in [2.45, 2.75) is 23.0 Å². The normalized spacial score (nSPS) is 18.4. The average molecular weight is 429 g/mol. The third-order valence-corrected chi connectivity index (χ3v) is 8.07. The molecule has 0 fully saturated rings. The Morgan fingerprint density at radius 3 is 2.26 bits per heavy atom. The Bertz CT molecular complexity index is 1420. The molecule has 4 aromatic rings. The lowest BCUT2D eigenvalue weighted by Gasteiger charge is -2.32. The lowest BCUT2D eigenvalue weighted by molar-refractivity contribution is -0.135. The van der Waals surface area contributed by atoms with E-state index in [1.165, 1.54) is 0 Å². The molecule has 0 spiro atoms. The molecule has 0 saturated carbocycles. The Hall–Kier alpha value is -3.44. The van der Waals surface area contributed by atoms with Gasteiger partial charge in [0.2, 0.25) is 0 Å². The molecular weight excluding hydrogens is 408 g/mol. The quantitative estimate of drug-likeness (QED) is 0.339. The molecule has 0 saturated heterocycles. The van der Waals surface area contributed by atoms with Gasteiger partial charge < -0.3 is 4.74 Å². The summed E-state index contributed by atoms with van der Waals surface area (Å²) in [6, 6.07) is 27.6. The van der Waals surface area contributed by atoms with Gasteiger partial charge in [-0.25, -0.2) is 8.42 Å². The maximum atomic E-state index is 13.8. The summed E-state index contributed by atoms with van der Waals surface area (Å²) < 4.78 is 33.1. The number of hydrogen-bond donors (Lipinski definition) is 0. The zero-order valence-corrected chi connectivity index (χ0v) is 17.7. The minimum absolute atomic E-state index is 0.155. The van der Waals surface area contributed by atoms with Crippen LogP contribution in [0.4, 0.5) is 0 Å². The largest absolute Gasteiger partial charge is 0.425 e. The number of esters is 1. The summed E-state index contributed by atoms with van der Waals surface area (Å²) in [5.74, 6) is -1.02. The van der Waals surface area contributed by atoms with E-state index in [2.05, 4.69) is 0 Å². The van der Waals surface area contributed by atoms with Gasteiger partial charge in [0.1, 0.15) is 5.75 Å². The fourth-order valence-corrected chi connectivity index (χ4v) is 6.39. The molecule has 0 bridgehead atoms. The molecule has 154 valence electrons. The first kappa shape index (κ1) is 19.5. The number of hydrogen-bond acceptors (Lipinski definition) is 4. The van der Waals surface area contributed by atoms with Gasteiger partial charge in [-0.3, -0.25) is 4.79 Å². The summed E-state index contributed by atoms with van der Waals surface area (Å²) in [5.41, 5.74) is 2.07. The molecule has 1 aliphatic rings. The molecule has 31 heavy (non-hydrogen) atoms. The van der Waals surface area contributed by atoms with Crippen LogP contribution in [0, 0.1) is 6.92 Å². The molecule has 0 aliphatic carbocycles. The highest BCUT2D eigenvalue weighted by Gasteiger charge is 2.47. The maximum Gasteiger partial charge on any atom is 0.331 e. The molecule has 0 N–H and O–H groups in total. The number of carbonyl (C=O) groups is 1. The number of benzene rings is 4. The van der Waals surface area contributed by atoms with Crippen LogP contribution in [0.1, 0.15) is 22.6 Å². The highest BCUT2D eigenvalue weighted by atomic mass is 32.2. The van der Waals surface area contributed by atoms with Gasteiger partial charge in [-0.05, 0) is 41.0 Å². The van der Waals surface area contributed by atoms with E-state index in [0.29, 0.717) is 16.9 Å². The van der Waals surface area contributed by atoms with Crippen molar-refractivity contribution in [3.8, 4) is 5.75 Å². The number of sulfone groups is 1. The lowest BCUT2D eigenvalue weighted by atomic mass is 9.85. The molecule has 5 heteroatoms. The van der Waals surface area contributed by atoms with E-state index in [4.69, 9.17) is 4.74 Å². The van der Waals surface area contributed by atoms with E-state index in [1.807, 2.05) is 54.6 Å². The highest BCUT2D eigenvalue weighted by molar-refractivity contribution is 7.93. The van der Waals surface area contributed by atoms with Gasteiger partial charge in [0, 0.05) is 11.5 Å². The fraction of sp³-hybridized carbons (Fsp3) is 0.115. The van der Waals surface area contributed by atoms with Crippen molar-refractivity contribution in [1.82, 2.24) is 0 Å². The second-order valence-electron chi connectivity index (χ2n) is 7.77. The van der Waals surface area contributed by atoms with Gasteiger partial charge >= 0.3 is 5.97 Å². The number of rotatable bonds is 3. The third kappa shape index (κ3) is 3.22. The zero-order valence-electron chi connectivity index (χ0n) is 16.9. The van der Waals surface area contributed by atoms with Crippen LogP contribution in [0.3, 0.4) is 0 Å². The van der Waals surface area contributed by atoms with Crippen LogP contribution in [-0.4, -0.2) is 19.6 Å². The molecule has 2 atom stereocenters. The monoisotopic (exact) mass is 428 g/mol. The Labute approximate surface area is 181 Å². The van der Waals surface area contributed by atoms with Crippen molar-refractivity contribution in [2.75, 3.05) is 0 Å². The van der Waals surface area contributed by atoms with Crippen molar-refractivity contribution in [2.24, 2.45) is 0 Å². The average Bonchev–Trinajstić information content (AvgIpc) is 2.78. The van der Waals surface area contributed by atoms with Crippen molar-refractivity contribution in [1.29, 1.82) is 0 Å². The van der Waals surface area contributed by atoms with Crippen LogP contribution in [0.2, 0.25) is 0 Å². The first-order chi connectivity index (χ1) is 15.0. The summed E-state index contributed by atoms with van der Waals surface area (Å²) in [6.07, 6.45) is 0. The van der Waals surface area contributed by atoms with E-state index in [9.17, 15) is 13.2 Å². The van der Waals surface area contributed by atoms with E-state index in [1.54, 1.807) is 43.3 Å². The van der Waals surface area contributed by atoms with Gasteiger partial charge in [0.15, 0.2) is 15.1 Å². The molecule has 4 aromatic carbocycles. The SMILES string of the molecule is Cc1ccccc1S(=O)(=O)C1C(=O)Oc2ccccc2C1c1ccc2ccccc2c1. The second kappa shape index (κ2) is 7.36. The predicted molar refractivity (Wildman–Crippen MR) is 120 cm³/mol. The van der Waals surface area contributed by atoms with Crippen molar-refractivity contribution < 1.29 is 17.9 Å². The minimum Gasteiger partial charge on any atom is -0.425 e. The van der Waals surface area contributed by atoms with Gasteiger partial charge in [-0.2, -0.15) is 0 Å². The van der Waals surface area contributed by atoms with Gasteiger partial charge in [0.25, 0.3) is 0 Å². The van der Waals surface area contributed by atoms with Crippen LogP contribution in [0.25, 0.3) is 10.8 Å². The Kier molecular flexibility index (Phi) is 4.63. The molecule has 4 nitrogen and oxygen atoms in total. The van der Waals surface area contributed by atoms with Crippen LogP contribution < -0.4 is 4.74 Å². The first-order valence-corrected chi connectivity index (χ1v) is 11.6. The molecule has 0 radical (unpaired) electrons. The highest BCUT2D eigenvalue weighted by Crippen LogP contribution is 2.43. The van der Waals surface area contributed by atoms with Gasteiger partial charge in [-0.15, -0.1) is 0 Å². The molecule has 5 rings (SSSR count). The summed E-state index contributed by atoms with van der Waals surface area (Å²) in [7, 11) is -4.01. The van der Waals surface area contributed by atoms with Crippen LogP contribution in [-0.2, 0) is 14.6 Å². The van der Waals surface area contributed by atoms with Gasteiger partial charge in [-0.1, -0.05) is 78.9 Å². The van der Waals surface area contributed by atoms with Crippen molar-refractivity contribution >= 4 is 26.6 Å². The summed E-state index contributed by atoms with van der Waals surface area (Å²) in [4.78, 5) is 13.3. The molecule has 0 aromatic heterocycles.